The van der Waals surface area contributed by atoms with E-state index in [1.807, 2.05) is 18.9 Å². The number of anilines is 3. The zero-order valence-electron chi connectivity index (χ0n) is 23.1. The molecular formula is C29H34F3N7O2. The minimum Gasteiger partial charge on any atom is -0.495 e. The monoisotopic (exact) mass is 569 g/mol. The Balaban J connectivity index is 1.57. The van der Waals surface area contributed by atoms with Gasteiger partial charge < -0.3 is 26.0 Å². The summed E-state index contributed by atoms with van der Waals surface area (Å²) in [6.07, 6.45) is 1.64. The lowest BCUT2D eigenvalue weighted by Gasteiger charge is -2.34. The molecule has 4 rings (SSSR count). The summed E-state index contributed by atoms with van der Waals surface area (Å²) in [5, 5.41) is 7.12. The third-order valence-corrected chi connectivity index (χ3v) is 7.08. The number of methoxy groups -OCH3 is 1. The maximum Gasteiger partial charge on any atom is 0.416 e. The molecular weight excluding hydrogens is 535 g/mol. The lowest BCUT2D eigenvalue weighted by Crippen LogP contribution is -2.41. The van der Waals surface area contributed by atoms with Gasteiger partial charge in [0.25, 0.3) is 5.91 Å². The van der Waals surface area contributed by atoms with Crippen LogP contribution in [0.5, 0.6) is 5.75 Å². The highest BCUT2D eigenvalue weighted by Crippen LogP contribution is 2.35. The van der Waals surface area contributed by atoms with Crippen LogP contribution in [0.2, 0.25) is 0 Å². The number of alkyl halides is 3. The fourth-order valence-corrected chi connectivity index (χ4v) is 4.67. The summed E-state index contributed by atoms with van der Waals surface area (Å²) in [6.45, 7) is 3.02. The second-order valence-electron chi connectivity index (χ2n) is 9.88. The Bertz CT molecular complexity index is 1420. The van der Waals surface area contributed by atoms with Crippen molar-refractivity contribution in [2.45, 2.75) is 32.0 Å². The van der Waals surface area contributed by atoms with Gasteiger partial charge in [0, 0.05) is 54.0 Å². The van der Waals surface area contributed by atoms with Gasteiger partial charge in [0.15, 0.2) is 0 Å². The molecule has 0 radical (unpaired) electrons. The molecule has 9 nitrogen and oxygen atoms in total. The summed E-state index contributed by atoms with van der Waals surface area (Å²) in [4.78, 5) is 19.2. The van der Waals surface area contributed by atoms with Gasteiger partial charge in [-0.05, 0) is 68.8 Å². The number of hydrazine groups is 1. The first-order valence-electron chi connectivity index (χ1n) is 13.1. The number of carbonyl (C=O) groups is 1. The van der Waals surface area contributed by atoms with Crippen LogP contribution >= 0.6 is 0 Å². The second kappa shape index (κ2) is 12.5. The predicted octanol–water partition coefficient (Wildman–Crippen LogP) is 4.50. The molecule has 2 heterocycles. The summed E-state index contributed by atoms with van der Waals surface area (Å²) in [7, 11) is 3.39. The average molecular weight is 570 g/mol. The SMILES string of the molecule is CNC1CCN(c2cc(NC(=O)c3ccc(C)c(N(N)/C=C(\N)c4cncc(OC)c4)c3)cc(C(F)(F)F)c2)CC1. The Morgan fingerprint density at radius 3 is 2.51 bits per heavy atom. The van der Waals surface area contributed by atoms with Crippen LogP contribution in [0.1, 0.15) is 39.9 Å². The molecule has 0 spiro atoms. The quantitative estimate of drug-likeness (QED) is 0.231. The summed E-state index contributed by atoms with van der Waals surface area (Å²) in [5.74, 6) is 6.22. The minimum atomic E-state index is -4.57. The number of piperidine rings is 1. The van der Waals surface area contributed by atoms with E-state index in [1.54, 1.807) is 42.7 Å². The molecule has 12 heteroatoms. The summed E-state index contributed by atoms with van der Waals surface area (Å²) in [5.41, 5.74) is 8.19. The number of pyridine rings is 1. The Labute approximate surface area is 236 Å². The number of carbonyl (C=O) groups excluding carboxylic acids is 1. The number of amides is 1. The molecule has 41 heavy (non-hydrogen) atoms. The van der Waals surface area contributed by atoms with Crippen LogP contribution in [0.25, 0.3) is 5.70 Å². The molecule has 0 saturated carbocycles. The van der Waals surface area contributed by atoms with Gasteiger partial charge in [0.2, 0.25) is 0 Å². The van der Waals surface area contributed by atoms with Gasteiger partial charge >= 0.3 is 6.18 Å². The Hall–Kier alpha value is -4.29. The zero-order valence-corrected chi connectivity index (χ0v) is 23.1. The predicted molar refractivity (Wildman–Crippen MR) is 154 cm³/mol. The number of ether oxygens (including phenoxy) is 1. The maximum atomic E-state index is 13.8. The number of aromatic nitrogens is 1. The molecule has 6 N–H and O–H groups in total. The van der Waals surface area contributed by atoms with Crippen LogP contribution in [-0.4, -0.2) is 44.2 Å². The van der Waals surface area contributed by atoms with Crippen LogP contribution in [0.15, 0.2) is 61.1 Å². The van der Waals surface area contributed by atoms with E-state index in [2.05, 4.69) is 15.6 Å². The van der Waals surface area contributed by atoms with Crippen molar-refractivity contribution < 1.29 is 22.7 Å². The molecule has 0 atom stereocenters. The number of rotatable bonds is 8. The molecule has 0 unspecified atom stereocenters. The molecule has 1 saturated heterocycles. The van der Waals surface area contributed by atoms with Crippen molar-refractivity contribution in [3.05, 3.63) is 83.3 Å². The molecule has 1 fully saturated rings. The van der Waals surface area contributed by atoms with Gasteiger partial charge in [-0.1, -0.05) is 6.07 Å². The first-order chi connectivity index (χ1) is 19.5. The van der Waals surface area contributed by atoms with Crippen LogP contribution in [0.4, 0.5) is 30.2 Å². The van der Waals surface area contributed by atoms with Crippen LogP contribution in [0, 0.1) is 6.92 Å². The molecule has 1 amide bonds. The third-order valence-electron chi connectivity index (χ3n) is 7.08. The summed E-state index contributed by atoms with van der Waals surface area (Å²) in [6, 6.07) is 10.5. The highest BCUT2D eigenvalue weighted by atomic mass is 19.4. The minimum absolute atomic E-state index is 0.0527. The number of hydrogen-bond acceptors (Lipinski definition) is 8. The van der Waals surface area contributed by atoms with Crippen molar-refractivity contribution >= 4 is 28.7 Å². The number of benzene rings is 2. The molecule has 0 bridgehead atoms. The normalized spacial score (nSPS) is 14.6. The number of halogens is 3. The molecule has 3 aromatic rings. The lowest BCUT2D eigenvalue weighted by molar-refractivity contribution is -0.137. The van der Waals surface area contributed by atoms with Crippen LogP contribution in [0.3, 0.4) is 0 Å². The number of hydrogen-bond donors (Lipinski definition) is 4. The fourth-order valence-electron chi connectivity index (χ4n) is 4.67. The zero-order chi connectivity index (χ0) is 29.7. The van der Waals surface area contributed by atoms with Crippen molar-refractivity contribution in [1.29, 1.82) is 0 Å². The van der Waals surface area contributed by atoms with Crippen molar-refractivity contribution in [3.8, 4) is 5.75 Å². The molecule has 2 aromatic carbocycles. The van der Waals surface area contributed by atoms with E-state index >= 15 is 0 Å². The largest absolute Gasteiger partial charge is 0.495 e. The molecule has 0 aliphatic carbocycles. The van der Waals surface area contributed by atoms with Gasteiger partial charge in [-0.3, -0.25) is 14.8 Å². The van der Waals surface area contributed by atoms with Crippen molar-refractivity contribution in [3.63, 3.8) is 0 Å². The standard InChI is InChI=1S/C29H34F3N7O2/c1-18-4-5-19(11-27(18)39(34)17-26(33)20-10-25(41-3)16-36-15-20)28(40)37-23-12-21(29(30,31)32)13-24(14-23)38-8-6-22(35-2)7-9-38/h4-5,10-17,22,35H,6-9,33-34H2,1-3H3,(H,37,40)/b26-17-. The number of nitrogens with two attached hydrogens (primary N) is 2. The number of nitrogens with one attached hydrogen (secondary N) is 2. The maximum absolute atomic E-state index is 13.8. The number of nitrogens with zero attached hydrogens (tertiary/aromatic N) is 3. The smallest absolute Gasteiger partial charge is 0.416 e. The summed E-state index contributed by atoms with van der Waals surface area (Å²) >= 11 is 0. The van der Waals surface area contributed by atoms with E-state index < -0.39 is 17.6 Å². The molecule has 1 aromatic heterocycles. The van der Waals surface area contributed by atoms with E-state index in [1.165, 1.54) is 18.3 Å². The molecule has 1 aliphatic heterocycles. The highest BCUT2D eigenvalue weighted by molar-refractivity contribution is 6.05. The van der Waals surface area contributed by atoms with Gasteiger partial charge in [-0.15, -0.1) is 0 Å². The molecule has 218 valence electrons. The third kappa shape index (κ3) is 7.27. The van der Waals surface area contributed by atoms with Gasteiger partial charge in [0.1, 0.15) is 5.75 Å². The van der Waals surface area contributed by atoms with E-state index in [0.29, 0.717) is 47.5 Å². The highest BCUT2D eigenvalue weighted by Gasteiger charge is 2.32. The average Bonchev–Trinajstić information content (AvgIpc) is 2.96. The van der Waals surface area contributed by atoms with E-state index in [-0.39, 0.29) is 11.3 Å². The van der Waals surface area contributed by atoms with Crippen molar-refractivity contribution in [1.82, 2.24) is 10.3 Å². The van der Waals surface area contributed by atoms with Gasteiger partial charge in [0.05, 0.1) is 30.3 Å². The van der Waals surface area contributed by atoms with E-state index in [4.69, 9.17) is 16.3 Å². The Kier molecular flexibility index (Phi) is 9.04. The first-order valence-corrected chi connectivity index (χ1v) is 13.1. The van der Waals surface area contributed by atoms with Gasteiger partial charge in [-0.2, -0.15) is 13.2 Å². The topological polar surface area (TPSA) is 122 Å². The van der Waals surface area contributed by atoms with E-state index in [9.17, 15) is 18.0 Å². The number of aryl methyl sites for hydroxylation is 1. The molecule has 1 aliphatic rings. The second-order valence-corrected chi connectivity index (χ2v) is 9.88. The first kappa shape index (κ1) is 29.7. The van der Waals surface area contributed by atoms with Crippen LogP contribution < -0.4 is 36.9 Å². The van der Waals surface area contributed by atoms with Crippen LogP contribution in [-0.2, 0) is 6.18 Å². The lowest BCUT2D eigenvalue weighted by atomic mass is 10.0. The van der Waals surface area contributed by atoms with E-state index in [0.717, 1.165) is 30.5 Å². The van der Waals surface area contributed by atoms with Crippen molar-refractivity contribution in [2.75, 3.05) is 42.5 Å². The Morgan fingerprint density at radius 2 is 1.85 bits per heavy atom. The Morgan fingerprint density at radius 1 is 1.12 bits per heavy atom. The van der Waals surface area contributed by atoms with Gasteiger partial charge in [-0.25, -0.2) is 5.84 Å². The van der Waals surface area contributed by atoms with Crippen molar-refractivity contribution in [2.24, 2.45) is 11.6 Å². The fraction of sp³-hybridized carbons (Fsp3) is 0.310. The summed E-state index contributed by atoms with van der Waals surface area (Å²) < 4.78 is 46.5.